The molecule has 158 valence electrons. The molecule has 2 N–H and O–H groups in total. The zero-order valence-corrected chi connectivity index (χ0v) is 19.3. The molecule has 1 aromatic carbocycles. The van der Waals surface area contributed by atoms with Gasteiger partial charge in [0.25, 0.3) is 5.91 Å². The standard InChI is InChI=1S/C22H33N3O3Si/c1-8-11-18-16-12-9-10-13-17(16)19(24-27)21(26)25(20(18)23-5)14-15-28-29(6,7)22(2,3)4/h8-13,19,24,27H,5,14-15H2,1-4,6-7H3/b11-8-. The Hall–Kier alpha value is -2.06. The fraction of sp³-hybridized carbons (Fsp3) is 0.455. The van der Waals surface area contributed by atoms with E-state index in [1.54, 1.807) is 4.90 Å². The van der Waals surface area contributed by atoms with Gasteiger partial charge in [-0.05, 0) is 42.9 Å². The molecule has 1 amide bonds. The molecule has 1 aliphatic rings. The van der Waals surface area contributed by atoms with Gasteiger partial charge in [0, 0.05) is 12.1 Å². The molecule has 0 saturated heterocycles. The predicted octanol–water partition coefficient (Wildman–Crippen LogP) is 4.52. The number of carbonyl (C=O) groups is 1. The fourth-order valence-corrected chi connectivity index (χ4v) is 4.14. The molecule has 0 aromatic heterocycles. The van der Waals surface area contributed by atoms with Crippen LogP contribution >= 0.6 is 0 Å². The number of carbonyl (C=O) groups excluding carboxylic acids is 1. The molecular formula is C22H33N3O3Si. The molecule has 1 aliphatic heterocycles. The van der Waals surface area contributed by atoms with Gasteiger partial charge in [-0.2, -0.15) is 5.48 Å². The van der Waals surface area contributed by atoms with Gasteiger partial charge < -0.3 is 9.63 Å². The third-order valence-corrected chi connectivity index (χ3v) is 10.3. The van der Waals surface area contributed by atoms with Crippen LogP contribution in [0.4, 0.5) is 0 Å². The van der Waals surface area contributed by atoms with Crippen molar-refractivity contribution in [2.75, 3.05) is 13.2 Å². The van der Waals surface area contributed by atoms with E-state index < -0.39 is 14.4 Å². The topological polar surface area (TPSA) is 74.2 Å². The molecular weight excluding hydrogens is 382 g/mol. The number of fused-ring (bicyclic) bond motifs is 1. The molecule has 1 unspecified atom stereocenters. The van der Waals surface area contributed by atoms with Gasteiger partial charge in [0.05, 0.1) is 6.61 Å². The number of rotatable bonds is 7. The van der Waals surface area contributed by atoms with Crippen molar-refractivity contribution < 1.29 is 14.4 Å². The third kappa shape index (κ3) is 4.75. The fourth-order valence-electron chi connectivity index (χ4n) is 3.10. The first kappa shape index (κ1) is 23.2. The molecule has 2 rings (SSSR count). The van der Waals surface area contributed by atoms with Crippen molar-refractivity contribution in [2.45, 2.75) is 51.9 Å². The number of allylic oxidation sites excluding steroid dienone is 3. The molecule has 1 heterocycles. The van der Waals surface area contributed by atoms with Gasteiger partial charge in [0.1, 0.15) is 11.9 Å². The maximum Gasteiger partial charge on any atom is 0.252 e. The molecule has 6 nitrogen and oxygen atoms in total. The zero-order chi connectivity index (χ0) is 21.8. The second-order valence-corrected chi connectivity index (χ2v) is 13.5. The van der Waals surface area contributed by atoms with Crippen LogP contribution in [0.25, 0.3) is 5.57 Å². The summed E-state index contributed by atoms with van der Waals surface area (Å²) < 4.78 is 6.28. The van der Waals surface area contributed by atoms with Crippen LogP contribution in [0.2, 0.25) is 18.1 Å². The van der Waals surface area contributed by atoms with Crippen LogP contribution in [-0.2, 0) is 9.22 Å². The van der Waals surface area contributed by atoms with Gasteiger partial charge in [-0.3, -0.25) is 9.69 Å². The Morgan fingerprint density at radius 3 is 2.55 bits per heavy atom. The molecule has 0 bridgehead atoms. The van der Waals surface area contributed by atoms with E-state index in [2.05, 4.69) is 51.1 Å². The van der Waals surface area contributed by atoms with Crippen molar-refractivity contribution >= 4 is 26.5 Å². The van der Waals surface area contributed by atoms with Crippen molar-refractivity contribution in [1.82, 2.24) is 10.4 Å². The highest BCUT2D eigenvalue weighted by molar-refractivity contribution is 6.74. The minimum atomic E-state index is -1.96. The summed E-state index contributed by atoms with van der Waals surface area (Å²) in [5, 5.41) is 9.86. The minimum Gasteiger partial charge on any atom is -0.415 e. The average Bonchev–Trinajstić information content (AvgIpc) is 2.74. The quantitative estimate of drug-likeness (QED) is 0.390. The van der Waals surface area contributed by atoms with Gasteiger partial charge in [-0.1, -0.05) is 57.2 Å². The van der Waals surface area contributed by atoms with Gasteiger partial charge in [-0.25, -0.2) is 4.99 Å². The van der Waals surface area contributed by atoms with Crippen molar-refractivity contribution in [1.29, 1.82) is 0 Å². The monoisotopic (exact) mass is 415 g/mol. The lowest BCUT2D eigenvalue weighted by Gasteiger charge is -2.37. The Labute approximate surface area is 175 Å². The van der Waals surface area contributed by atoms with Gasteiger partial charge >= 0.3 is 0 Å². The highest BCUT2D eigenvalue weighted by Gasteiger charge is 2.38. The second-order valence-electron chi connectivity index (χ2n) is 8.64. The van der Waals surface area contributed by atoms with Crippen LogP contribution in [0.15, 0.2) is 47.2 Å². The van der Waals surface area contributed by atoms with Crippen LogP contribution in [0.1, 0.15) is 44.9 Å². The number of nitrogens with one attached hydrogen (secondary N) is 1. The number of benzene rings is 1. The summed E-state index contributed by atoms with van der Waals surface area (Å²) in [6.45, 7) is 17.2. The van der Waals surface area contributed by atoms with E-state index in [0.29, 0.717) is 24.5 Å². The number of hydrogen-bond acceptors (Lipinski definition) is 5. The van der Waals surface area contributed by atoms with E-state index in [4.69, 9.17) is 4.43 Å². The first-order valence-electron chi connectivity index (χ1n) is 9.87. The largest absolute Gasteiger partial charge is 0.415 e. The Morgan fingerprint density at radius 1 is 1.34 bits per heavy atom. The molecule has 1 atom stereocenters. The third-order valence-electron chi connectivity index (χ3n) is 5.77. The maximum atomic E-state index is 13.3. The van der Waals surface area contributed by atoms with Crippen LogP contribution < -0.4 is 5.48 Å². The van der Waals surface area contributed by atoms with E-state index >= 15 is 0 Å². The van der Waals surface area contributed by atoms with Crippen LogP contribution in [0, 0.1) is 0 Å². The molecule has 0 fully saturated rings. The summed E-state index contributed by atoms with van der Waals surface area (Å²) in [7, 11) is -1.96. The highest BCUT2D eigenvalue weighted by Crippen LogP contribution is 2.37. The number of nitrogens with zero attached hydrogens (tertiary/aromatic N) is 2. The SMILES string of the molecule is C=NC1=C(/C=C\C)c2ccccc2C(NO)C(=O)N1CCO[Si](C)(C)C(C)(C)C. The minimum absolute atomic E-state index is 0.0761. The molecule has 0 saturated carbocycles. The normalized spacial score (nSPS) is 18.2. The van der Waals surface area contributed by atoms with E-state index in [0.717, 1.165) is 11.1 Å². The van der Waals surface area contributed by atoms with Crippen molar-refractivity contribution in [2.24, 2.45) is 4.99 Å². The van der Waals surface area contributed by atoms with Crippen molar-refractivity contribution in [3.05, 3.63) is 53.4 Å². The lowest BCUT2D eigenvalue weighted by molar-refractivity contribution is -0.134. The average molecular weight is 416 g/mol. The Morgan fingerprint density at radius 2 is 2.00 bits per heavy atom. The predicted molar refractivity (Wildman–Crippen MR) is 120 cm³/mol. The molecule has 0 spiro atoms. The lowest BCUT2D eigenvalue weighted by atomic mass is 9.95. The summed E-state index contributed by atoms with van der Waals surface area (Å²) in [6, 6.07) is 6.61. The summed E-state index contributed by atoms with van der Waals surface area (Å²) in [5.74, 6) is 0.179. The highest BCUT2D eigenvalue weighted by atomic mass is 28.4. The first-order chi connectivity index (χ1) is 13.6. The first-order valence-corrected chi connectivity index (χ1v) is 12.8. The molecule has 29 heavy (non-hydrogen) atoms. The molecule has 7 heteroatoms. The Balaban J connectivity index is 2.47. The summed E-state index contributed by atoms with van der Waals surface area (Å²) in [5.41, 5.74) is 4.50. The van der Waals surface area contributed by atoms with E-state index in [1.165, 1.54) is 0 Å². The summed E-state index contributed by atoms with van der Waals surface area (Å²) >= 11 is 0. The van der Waals surface area contributed by atoms with E-state index in [1.807, 2.05) is 43.3 Å². The summed E-state index contributed by atoms with van der Waals surface area (Å²) in [6.07, 6.45) is 3.82. The van der Waals surface area contributed by atoms with E-state index in [9.17, 15) is 10.0 Å². The number of hydrogen-bond donors (Lipinski definition) is 2. The van der Waals surface area contributed by atoms with Crippen molar-refractivity contribution in [3.63, 3.8) is 0 Å². The van der Waals surface area contributed by atoms with Crippen LogP contribution in [-0.4, -0.2) is 44.2 Å². The smallest absolute Gasteiger partial charge is 0.252 e. The van der Waals surface area contributed by atoms with Crippen LogP contribution in [0.5, 0.6) is 0 Å². The Kier molecular flexibility index (Phi) is 7.34. The second kappa shape index (κ2) is 9.17. The number of amides is 1. The zero-order valence-electron chi connectivity index (χ0n) is 18.3. The molecule has 1 aromatic rings. The Bertz CT molecular complexity index is 825. The van der Waals surface area contributed by atoms with Gasteiger partial charge in [0.2, 0.25) is 0 Å². The lowest BCUT2D eigenvalue weighted by Crippen LogP contribution is -2.44. The molecule has 0 aliphatic carbocycles. The number of hydroxylamine groups is 1. The maximum absolute atomic E-state index is 13.3. The number of aliphatic imine (C=N–C) groups is 1. The van der Waals surface area contributed by atoms with Crippen LogP contribution in [0.3, 0.4) is 0 Å². The van der Waals surface area contributed by atoms with Gasteiger partial charge in [-0.15, -0.1) is 0 Å². The van der Waals surface area contributed by atoms with E-state index in [-0.39, 0.29) is 10.9 Å². The summed E-state index contributed by atoms with van der Waals surface area (Å²) in [4.78, 5) is 19.1. The van der Waals surface area contributed by atoms with Gasteiger partial charge in [0.15, 0.2) is 8.32 Å². The molecule has 0 radical (unpaired) electrons. The van der Waals surface area contributed by atoms with Crippen molar-refractivity contribution in [3.8, 4) is 0 Å².